The van der Waals surface area contributed by atoms with Crippen molar-refractivity contribution in [2.75, 3.05) is 23.7 Å². The predicted octanol–water partition coefficient (Wildman–Crippen LogP) is 4.16. The lowest BCUT2D eigenvalue weighted by Crippen LogP contribution is -2.35. The summed E-state index contributed by atoms with van der Waals surface area (Å²) in [6, 6.07) is 12.5. The number of carbonyl (C=O) groups is 1. The van der Waals surface area contributed by atoms with Crippen LogP contribution >= 0.6 is 11.6 Å². The van der Waals surface area contributed by atoms with Gasteiger partial charge < -0.3 is 10.6 Å². The van der Waals surface area contributed by atoms with Crippen molar-refractivity contribution in [2.24, 2.45) is 0 Å². The van der Waals surface area contributed by atoms with Crippen LogP contribution in [0, 0.1) is 0 Å². The maximum atomic E-state index is 12.6. The zero-order chi connectivity index (χ0) is 18.6. The largest absolute Gasteiger partial charge is 0.323 e. The molecule has 0 saturated carbocycles. The molecule has 1 heterocycles. The summed E-state index contributed by atoms with van der Waals surface area (Å²) in [7, 11) is -3.47. The van der Waals surface area contributed by atoms with Crippen LogP contribution in [0.1, 0.15) is 19.3 Å². The molecular weight excluding hydrogens is 374 g/mol. The number of hydrogen-bond donors (Lipinski definition) is 2. The molecule has 2 N–H and O–H groups in total. The number of halogens is 1. The molecule has 0 bridgehead atoms. The molecule has 2 aromatic rings. The fourth-order valence-corrected chi connectivity index (χ4v) is 4.43. The summed E-state index contributed by atoms with van der Waals surface area (Å²) in [5.41, 5.74) is 1.12. The number of anilines is 2. The second-order valence-electron chi connectivity index (χ2n) is 6.08. The van der Waals surface area contributed by atoms with Crippen LogP contribution in [0.5, 0.6) is 0 Å². The van der Waals surface area contributed by atoms with Crippen molar-refractivity contribution < 1.29 is 13.2 Å². The molecule has 0 atom stereocenters. The number of nitrogens with one attached hydrogen (secondary N) is 2. The molecule has 0 radical (unpaired) electrons. The Morgan fingerprint density at radius 3 is 1.88 bits per heavy atom. The molecule has 0 aromatic heterocycles. The van der Waals surface area contributed by atoms with Crippen LogP contribution < -0.4 is 10.6 Å². The van der Waals surface area contributed by atoms with E-state index in [0.29, 0.717) is 29.5 Å². The summed E-state index contributed by atoms with van der Waals surface area (Å²) in [5.74, 6) is 0. The first kappa shape index (κ1) is 18.7. The first-order valence-electron chi connectivity index (χ1n) is 8.39. The number of amides is 2. The van der Waals surface area contributed by atoms with Gasteiger partial charge in [0, 0.05) is 29.5 Å². The third-order valence-electron chi connectivity index (χ3n) is 4.17. The molecule has 1 aliphatic heterocycles. The van der Waals surface area contributed by atoms with Crippen LogP contribution in [0.4, 0.5) is 16.2 Å². The minimum absolute atomic E-state index is 0.239. The predicted molar refractivity (Wildman–Crippen MR) is 103 cm³/mol. The van der Waals surface area contributed by atoms with Crippen molar-refractivity contribution in [3.8, 4) is 0 Å². The van der Waals surface area contributed by atoms with Gasteiger partial charge >= 0.3 is 6.03 Å². The second kappa shape index (κ2) is 8.07. The Hall–Kier alpha value is -2.09. The lowest BCUT2D eigenvalue weighted by molar-refractivity contribution is 0.262. The average Bonchev–Trinajstić information content (AvgIpc) is 2.65. The normalized spacial score (nSPS) is 15.4. The Balaban J connectivity index is 1.63. The molecule has 2 amide bonds. The SMILES string of the molecule is O=C(Nc1ccc(Cl)cc1)Nc1ccc(S(=O)(=O)N2CCCCC2)cc1. The van der Waals surface area contributed by atoms with Gasteiger partial charge in [0.05, 0.1) is 4.90 Å². The number of sulfonamides is 1. The van der Waals surface area contributed by atoms with E-state index in [0.717, 1.165) is 19.3 Å². The second-order valence-corrected chi connectivity index (χ2v) is 8.45. The number of rotatable bonds is 4. The number of piperidine rings is 1. The molecule has 3 rings (SSSR count). The highest BCUT2D eigenvalue weighted by atomic mass is 35.5. The summed E-state index contributed by atoms with van der Waals surface area (Å²) in [5, 5.41) is 5.94. The van der Waals surface area contributed by atoms with E-state index in [1.54, 1.807) is 36.4 Å². The third kappa shape index (κ3) is 4.55. The number of nitrogens with zero attached hydrogens (tertiary/aromatic N) is 1. The molecule has 0 unspecified atom stereocenters. The van der Waals surface area contributed by atoms with Gasteiger partial charge in [-0.3, -0.25) is 0 Å². The van der Waals surface area contributed by atoms with Crippen LogP contribution in [0.25, 0.3) is 0 Å². The Labute approximate surface area is 158 Å². The van der Waals surface area contributed by atoms with E-state index in [9.17, 15) is 13.2 Å². The first-order chi connectivity index (χ1) is 12.4. The highest BCUT2D eigenvalue weighted by Crippen LogP contribution is 2.22. The van der Waals surface area contributed by atoms with E-state index in [2.05, 4.69) is 10.6 Å². The van der Waals surface area contributed by atoms with Gasteiger partial charge in [-0.15, -0.1) is 0 Å². The Kier molecular flexibility index (Phi) is 5.80. The van der Waals surface area contributed by atoms with Crippen LogP contribution in [0.15, 0.2) is 53.4 Å². The van der Waals surface area contributed by atoms with Gasteiger partial charge in [-0.05, 0) is 61.4 Å². The van der Waals surface area contributed by atoms with E-state index in [1.165, 1.54) is 16.4 Å². The lowest BCUT2D eigenvalue weighted by atomic mass is 10.2. The van der Waals surface area contributed by atoms with Crippen LogP contribution in [-0.2, 0) is 10.0 Å². The van der Waals surface area contributed by atoms with E-state index in [-0.39, 0.29) is 4.90 Å². The van der Waals surface area contributed by atoms with Gasteiger partial charge in [0.25, 0.3) is 0 Å². The van der Waals surface area contributed by atoms with Crippen molar-refractivity contribution in [1.29, 1.82) is 0 Å². The van der Waals surface area contributed by atoms with Crippen molar-refractivity contribution in [1.82, 2.24) is 4.31 Å². The fourth-order valence-electron chi connectivity index (χ4n) is 2.79. The van der Waals surface area contributed by atoms with Gasteiger partial charge in [-0.1, -0.05) is 18.0 Å². The molecular formula is C18H20ClN3O3S. The standard InChI is InChI=1S/C18H20ClN3O3S/c19-14-4-6-15(7-5-14)20-18(23)21-16-8-10-17(11-9-16)26(24,25)22-12-2-1-3-13-22/h4-11H,1-3,12-13H2,(H2,20,21,23). The van der Waals surface area contributed by atoms with E-state index >= 15 is 0 Å². The third-order valence-corrected chi connectivity index (χ3v) is 6.33. The molecule has 0 spiro atoms. The first-order valence-corrected chi connectivity index (χ1v) is 10.2. The highest BCUT2D eigenvalue weighted by molar-refractivity contribution is 7.89. The van der Waals surface area contributed by atoms with Gasteiger partial charge in [0.15, 0.2) is 0 Å². The molecule has 0 aliphatic carbocycles. The molecule has 1 saturated heterocycles. The molecule has 8 heteroatoms. The van der Waals surface area contributed by atoms with Crippen LogP contribution in [-0.4, -0.2) is 31.8 Å². The Morgan fingerprint density at radius 2 is 1.35 bits per heavy atom. The monoisotopic (exact) mass is 393 g/mol. The van der Waals surface area contributed by atoms with Gasteiger partial charge in [0.2, 0.25) is 10.0 Å². The zero-order valence-corrected chi connectivity index (χ0v) is 15.7. The summed E-state index contributed by atoms with van der Waals surface area (Å²) >= 11 is 5.80. The van der Waals surface area contributed by atoms with Crippen molar-refractivity contribution in [2.45, 2.75) is 24.2 Å². The van der Waals surface area contributed by atoms with E-state index in [1.807, 2.05) is 0 Å². The summed E-state index contributed by atoms with van der Waals surface area (Å²) < 4.78 is 26.7. The molecule has 26 heavy (non-hydrogen) atoms. The molecule has 6 nitrogen and oxygen atoms in total. The maximum Gasteiger partial charge on any atom is 0.323 e. The molecule has 1 aliphatic rings. The zero-order valence-electron chi connectivity index (χ0n) is 14.1. The van der Waals surface area contributed by atoms with Crippen molar-refractivity contribution in [3.05, 3.63) is 53.6 Å². The Bertz CT molecular complexity index is 862. The van der Waals surface area contributed by atoms with E-state index < -0.39 is 16.1 Å². The minimum Gasteiger partial charge on any atom is -0.308 e. The van der Waals surface area contributed by atoms with Crippen molar-refractivity contribution in [3.63, 3.8) is 0 Å². The smallest absolute Gasteiger partial charge is 0.308 e. The number of hydrogen-bond acceptors (Lipinski definition) is 3. The average molecular weight is 394 g/mol. The fraction of sp³-hybridized carbons (Fsp3) is 0.278. The quantitative estimate of drug-likeness (QED) is 0.818. The molecule has 1 fully saturated rings. The van der Waals surface area contributed by atoms with Gasteiger partial charge in [-0.25, -0.2) is 13.2 Å². The van der Waals surface area contributed by atoms with E-state index in [4.69, 9.17) is 11.6 Å². The maximum absolute atomic E-state index is 12.6. The van der Waals surface area contributed by atoms with Crippen LogP contribution in [0.3, 0.4) is 0 Å². The Morgan fingerprint density at radius 1 is 0.846 bits per heavy atom. The molecule has 2 aromatic carbocycles. The highest BCUT2D eigenvalue weighted by Gasteiger charge is 2.25. The van der Waals surface area contributed by atoms with Crippen molar-refractivity contribution >= 4 is 39.0 Å². The van der Waals surface area contributed by atoms with Gasteiger partial charge in [0.1, 0.15) is 0 Å². The number of benzene rings is 2. The lowest BCUT2D eigenvalue weighted by Gasteiger charge is -2.25. The molecule has 138 valence electrons. The minimum atomic E-state index is -3.47. The summed E-state index contributed by atoms with van der Waals surface area (Å²) in [6.07, 6.45) is 2.85. The number of urea groups is 1. The summed E-state index contributed by atoms with van der Waals surface area (Å²) in [4.78, 5) is 12.3. The van der Waals surface area contributed by atoms with Gasteiger partial charge in [-0.2, -0.15) is 4.31 Å². The summed E-state index contributed by atoms with van der Waals surface area (Å²) in [6.45, 7) is 1.12. The van der Waals surface area contributed by atoms with Crippen LogP contribution in [0.2, 0.25) is 5.02 Å². The number of carbonyl (C=O) groups excluding carboxylic acids is 1. The topological polar surface area (TPSA) is 78.5 Å².